The van der Waals surface area contributed by atoms with Crippen LogP contribution in [-0.2, 0) is 0 Å². The highest BCUT2D eigenvalue weighted by molar-refractivity contribution is 14.1. The summed E-state index contributed by atoms with van der Waals surface area (Å²) in [5, 5.41) is 15.3. The molecule has 1 aromatic heterocycles. The number of rotatable bonds is 4. The average molecular weight is 359 g/mol. The molecule has 0 atom stereocenters. The van der Waals surface area contributed by atoms with E-state index in [1.165, 1.54) is 4.68 Å². The molecule has 0 amide bonds. The van der Waals surface area contributed by atoms with Crippen LogP contribution in [0.25, 0.3) is 5.69 Å². The first-order valence-corrected chi connectivity index (χ1v) is 6.32. The first-order valence-electron chi connectivity index (χ1n) is 5.24. The Morgan fingerprint density at radius 1 is 1.56 bits per heavy atom. The predicted octanol–water partition coefficient (Wildman–Crippen LogP) is 2.78. The van der Waals surface area contributed by atoms with Crippen LogP contribution in [0.4, 0.5) is 5.69 Å². The Bertz CT molecular complexity index is 583. The summed E-state index contributed by atoms with van der Waals surface area (Å²) < 4.78 is 7.66. The van der Waals surface area contributed by atoms with Crippen LogP contribution < -0.4 is 4.74 Å². The van der Waals surface area contributed by atoms with Gasteiger partial charge in [0.15, 0.2) is 5.75 Å². The van der Waals surface area contributed by atoms with Gasteiger partial charge in [-0.05, 0) is 41.6 Å². The van der Waals surface area contributed by atoms with Gasteiger partial charge < -0.3 is 4.74 Å². The van der Waals surface area contributed by atoms with Crippen LogP contribution in [0, 0.1) is 13.7 Å². The molecule has 18 heavy (non-hydrogen) atoms. The Balaban J connectivity index is 2.59. The molecule has 2 aromatic rings. The molecule has 0 fully saturated rings. The summed E-state index contributed by atoms with van der Waals surface area (Å²) >= 11 is 2.10. The van der Waals surface area contributed by atoms with Gasteiger partial charge in [0, 0.05) is 6.20 Å². The number of ether oxygens (including phenoxy) is 1. The summed E-state index contributed by atoms with van der Waals surface area (Å²) in [7, 11) is 0. The zero-order valence-electron chi connectivity index (χ0n) is 9.54. The number of nitrogens with zero attached hydrogens (tertiary/aromatic N) is 3. The van der Waals surface area contributed by atoms with Crippen molar-refractivity contribution in [2.24, 2.45) is 0 Å². The van der Waals surface area contributed by atoms with Crippen molar-refractivity contribution >= 4 is 28.3 Å². The number of benzene rings is 1. The molecular weight excluding hydrogens is 349 g/mol. The third-order valence-corrected chi connectivity index (χ3v) is 2.82. The lowest BCUT2D eigenvalue weighted by Crippen LogP contribution is -2.04. The van der Waals surface area contributed by atoms with E-state index in [0.29, 0.717) is 12.3 Å². The SMILES string of the molecule is CCOc1cccc(-n2cc(I)cn2)c1[N+](=O)[O-]. The second-order valence-electron chi connectivity index (χ2n) is 3.42. The van der Waals surface area contributed by atoms with E-state index < -0.39 is 4.92 Å². The van der Waals surface area contributed by atoms with Gasteiger partial charge in [-0.25, -0.2) is 4.68 Å². The minimum atomic E-state index is -0.450. The Morgan fingerprint density at radius 3 is 2.89 bits per heavy atom. The molecule has 6 nitrogen and oxygen atoms in total. The molecule has 0 N–H and O–H groups in total. The molecule has 0 radical (unpaired) electrons. The summed E-state index contributed by atoms with van der Waals surface area (Å²) in [6.45, 7) is 2.16. The molecule has 2 rings (SSSR count). The van der Waals surface area contributed by atoms with Crippen LogP contribution in [0.15, 0.2) is 30.6 Å². The first-order chi connectivity index (χ1) is 8.63. The molecule has 1 aromatic carbocycles. The molecule has 0 bridgehead atoms. The van der Waals surface area contributed by atoms with E-state index in [1.54, 1.807) is 37.5 Å². The van der Waals surface area contributed by atoms with Gasteiger partial charge in [-0.1, -0.05) is 6.07 Å². The highest BCUT2D eigenvalue weighted by Gasteiger charge is 2.22. The third-order valence-electron chi connectivity index (χ3n) is 2.26. The van der Waals surface area contributed by atoms with E-state index in [-0.39, 0.29) is 11.4 Å². The average Bonchev–Trinajstić information content (AvgIpc) is 2.75. The molecular formula is C11H10IN3O3. The monoisotopic (exact) mass is 359 g/mol. The standard InChI is InChI=1S/C11H10IN3O3/c1-2-18-10-5-3-4-9(11(10)15(16)17)14-7-8(12)6-13-14/h3-7H,2H2,1H3. The van der Waals surface area contributed by atoms with Crippen LogP contribution >= 0.6 is 22.6 Å². The summed E-state index contributed by atoms with van der Waals surface area (Å²) in [5.41, 5.74) is 0.327. The van der Waals surface area contributed by atoms with Crippen molar-refractivity contribution in [2.45, 2.75) is 6.92 Å². The van der Waals surface area contributed by atoms with Crippen molar-refractivity contribution in [1.82, 2.24) is 9.78 Å². The number of aromatic nitrogens is 2. The predicted molar refractivity (Wildman–Crippen MR) is 74.1 cm³/mol. The molecule has 0 spiro atoms. The van der Waals surface area contributed by atoms with Crippen molar-refractivity contribution in [3.8, 4) is 11.4 Å². The number of hydrogen-bond acceptors (Lipinski definition) is 4. The molecule has 94 valence electrons. The Hall–Kier alpha value is -1.64. The minimum Gasteiger partial charge on any atom is -0.487 e. The molecule has 0 aliphatic heterocycles. The fourth-order valence-electron chi connectivity index (χ4n) is 1.58. The lowest BCUT2D eigenvalue weighted by Gasteiger charge is -2.07. The quantitative estimate of drug-likeness (QED) is 0.478. The van der Waals surface area contributed by atoms with E-state index in [4.69, 9.17) is 4.74 Å². The summed E-state index contributed by atoms with van der Waals surface area (Å²) in [5.74, 6) is 0.255. The van der Waals surface area contributed by atoms with Gasteiger partial charge in [-0.15, -0.1) is 0 Å². The molecule has 0 unspecified atom stereocenters. The van der Waals surface area contributed by atoms with Gasteiger partial charge in [0.2, 0.25) is 0 Å². The zero-order chi connectivity index (χ0) is 13.1. The van der Waals surface area contributed by atoms with Crippen molar-refractivity contribution in [3.63, 3.8) is 0 Å². The summed E-state index contributed by atoms with van der Waals surface area (Å²) in [6.07, 6.45) is 3.36. The number of para-hydroxylation sites is 1. The second-order valence-corrected chi connectivity index (χ2v) is 4.66. The topological polar surface area (TPSA) is 70.2 Å². The molecule has 0 aliphatic carbocycles. The molecule has 0 aliphatic rings. The Kier molecular flexibility index (Phi) is 3.80. The molecule has 7 heteroatoms. The van der Waals surface area contributed by atoms with E-state index in [1.807, 2.05) is 0 Å². The van der Waals surface area contributed by atoms with E-state index >= 15 is 0 Å². The van der Waals surface area contributed by atoms with Gasteiger partial charge >= 0.3 is 5.69 Å². The largest absolute Gasteiger partial charge is 0.487 e. The van der Waals surface area contributed by atoms with Gasteiger partial charge in [0.25, 0.3) is 0 Å². The highest BCUT2D eigenvalue weighted by Crippen LogP contribution is 2.33. The minimum absolute atomic E-state index is 0.0705. The number of hydrogen-bond donors (Lipinski definition) is 0. The highest BCUT2D eigenvalue weighted by atomic mass is 127. The maximum absolute atomic E-state index is 11.2. The van der Waals surface area contributed by atoms with Gasteiger partial charge in [-0.2, -0.15) is 5.10 Å². The lowest BCUT2D eigenvalue weighted by molar-refractivity contribution is -0.385. The third kappa shape index (κ3) is 2.45. The molecule has 1 heterocycles. The van der Waals surface area contributed by atoms with Crippen LogP contribution in [0.3, 0.4) is 0 Å². The van der Waals surface area contributed by atoms with Gasteiger partial charge in [-0.3, -0.25) is 10.1 Å². The van der Waals surface area contributed by atoms with Crippen molar-refractivity contribution in [1.29, 1.82) is 0 Å². The van der Waals surface area contributed by atoms with Crippen LogP contribution in [0.1, 0.15) is 6.92 Å². The molecule has 0 saturated heterocycles. The van der Waals surface area contributed by atoms with Crippen LogP contribution in [0.2, 0.25) is 0 Å². The zero-order valence-corrected chi connectivity index (χ0v) is 11.7. The first kappa shape index (κ1) is 12.8. The number of halogens is 1. The Labute approximate surface area is 117 Å². The normalized spacial score (nSPS) is 10.3. The van der Waals surface area contributed by atoms with Gasteiger partial charge in [0.1, 0.15) is 5.69 Å². The van der Waals surface area contributed by atoms with Crippen LogP contribution in [0.5, 0.6) is 5.75 Å². The van der Waals surface area contributed by atoms with E-state index in [9.17, 15) is 10.1 Å². The van der Waals surface area contributed by atoms with Crippen LogP contribution in [-0.4, -0.2) is 21.3 Å². The second kappa shape index (κ2) is 5.34. The fraction of sp³-hybridized carbons (Fsp3) is 0.182. The smallest absolute Gasteiger partial charge is 0.336 e. The Morgan fingerprint density at radius 2 is 2.33 bits per heavy atom. The summed E-state index contributed by atoms with van der Waals surface area (Å²) in [4.78, 5) is 10.7. The number of nitro groups is 1. The fourth-order valence-corrected chi connectivity index (χ4v) is 1.97. The van der Waals surface area contributed by atoms with Crippen molar-refractivity contribution in [3.05, 3.63) is 44.3 Å². The number of nitro benzene ring substituents is 1. The molecule has 0 saturated carbocycles. The summed E-state index contributed by atoms with van der Waals surface area (Å²) in [6, 6.07) is 4.94. The maximum atomic E-state index is 11.2. The van der Waals surface area contributed by atoms with E-state index in [0.717, 1.165) is 3.57 Å². The lowest BCUT2D eigenvalue weighted by atomic mass is 10.2. The van der Waals surface area contributed by atoms with Gasteiger partial charge in [0.05, 0.1) is 21.3 Å². The van der Waals surface area contributed by atoms with E-state index in [2.05, 4.69) is 27.7 Å². The van der Waals surface area contributed by atoms with Crippen molar-refractivity contribution in [2.75, 3.05) is 6.61 Å². The van der Waals surface area contributed by atoms with Crippen molar-refractivity contribution < 1.29 is 9.66 Å². The maximum Gasteiger partial charge on any atom is 0.336 e.